The summed E-state index contributed by atoms with van der Waals surface area (Å²) in [4.78, 5) is 8.86. The van der Waals surface area contributed by atoms with Crippen molar-refractivity contribution in [2.75, 3.05) is 7.11 Å². The molecule has 0 aliphatic carbocycles. The van der Waals surface area contributed by atoms with Gasteiger partial charge in [-0.1, -0.05) is 17.3 Å². The molecule has 7 heteroatoms. The van der Waals surface area contributed by atoms with Crippen molar-refractivity contribution < 1.29 is 14.0 Å². The Morgan fingerprint density at radius 3 is 2.59 bits per heavy atom. The van der Waals surface area contributed by atoms with Crippen LogP contribution in [-0.2, 0) is 6.61 Å². The van der Waals surface area contributed by atoms with E-state index < -0.39 is 0 Å². The standard InChI is InChI=1S/C20H17N3O3S/c1-13-21-19(23-26-13)14-6-8-17(9-7-14)25-11-16-12-27-20(22-16)15-4-3-5-18(10-15)24-2/h3-10,12H,11H2,1-2H3. The fourth-order valence-corrected chi connectivity index (χ4v) is 3.34. The van der Waals surface area contributed by atoms with Crippen LogP contribution in [0.2, 0.25) is 0 Å². The second-order valence-corrected chi connectivity index (χ2v) is 6.68. The molecule has 4 rings (SSSR count). The van der Waals surface area contributed by atoms with Crippen molar-refractivity contribution in [1.29, 1.82) is 0 Å². The van der Waals surface area contributed by atoms with Gasteiger partial charge in [0.1, 0.15) is 23.1 Å². The Morgan fingerprint density at radius 2 is 1.85 bits per heavy atom. The number of hydrogen-bond donors (Lipinski definition) is 0. The Labute approximate surface area is 160 Å². The van der Waals surface area contributed by atoms with Crippen molar-refractivity contribution in [3.8, 4) is 33.5 Å². The van der Waals surface area contributed by atoms with Crippen LogP contribution in [0.15, 0.2) is 58.4 Å². The molecule has 2 aromatic carbocycles. The number of nitrogens with zero attached hydrogens (tertiary/aromatic N) is 3. The molecule has 0 spiro atoms. The van der Waals surface area contributed by atoms with Gasteiger partial charge in [-0.05, 0) is 36.4 Å². The number of ether oxygens (including phenoxy) is 2. The van der Waals surface area contributed by atoms with Crippen LogP contribution >= 0.6 is 11.3 Å². The van der Waals surface area contributed by atoms with Gasteiger partial charge in [-0.2, -0.15) is 4.98 Å². The Bertz CT molecular complexity index is 1040. The highest BCUT2D eigenvalue weighted by molar-refractivity contribution is 7.13. The lowest BCUT2D eigenvalue weighted by molar-refractivity contribution is 0.302. The van der Waals surface area contributed by atoms with Gasteiger partial charge in [0.15, 0.2) is 0 Å². The zero-order valence-electron chi connectivity index (χ0n) is 14.9. The molecular formula is C20H17N3O3S. The first-order valence-corrected chi connectivity index (χ1v) is 9.21. The molecule has 6 nitrogen and oxygen atoms in total. The van der Waals surface area contributed by atoms with E-state index in [0.717, 1.165) is 33.3 Å². The summed E-state index contributed by atoms with van der Waals surface area (Å²) in [5, 5.41) is 6.85. The molecule has 0 aliphatic heterocycles. The van der Waals surface area contributed by atoms with Gasteiger partial charge in [0, 0.05) is 23.4 Å². The molecule has 4 aromatic rings. The minimum Gasteiger partial charge on any atom is -0.497 e. The lowest BCUT2D eigenvalue weighted by Crippen LogP contribution is -1.95. The molecule has 0 fully saturated rings. The van der Waals surface area contributed by atoms with E-state index in [1.807, 2.05) is 53.9 Å². The summed E-state index contributed by atoms with van der Waals surface area (Å²) >= 11 is 1.59. The van der Waals surface area contributed by atoms with Gasteiger partial charge in [-0.3, -0.25) is 0 Å². The van der Waals surface area contributed by atoms with Gasteiger partial charge in [0.25, 0.3) is 0 Å². The summed E-state index contributed by atoms with van der Waals surface area (Å²) < 4.78 is 16.1. The van der Waals surface area contributed by atoms with Crippen LogP contribution < -0.4 is 9.47 Å². The minimum absolute atomic E-state index is 0.404. The van der Waals surface area contributed by atoms with Crippen LogP contribution in [0.4, 0.5) is 0 Å². The Kier molecular flexibility index (Phi) is 4.84. The van der Waals surface area contributed by atoms with Gasteiger partial charge in [-0.25, -0.2) is 4.98 Å². The quantitative estimate of drug-likeness (QED) is 0.481. The van der Waals surface area contributed by atoms with Gasteiger partial charge in [-0.15, -0.1) is 11.3 Å². The van der Waals surface area contributed by atoms with E-state index in [9.17, 15) is 0 Å². The number of aryl methyl sites for hydroxylation is 1. The predicted molar refractivity (Wildman–Crippen MR) is 103 cm³/mol. The van der Waals surface area contributed by atoms with Crippen molar-refractivity contribution in [3.63, 3.8) is 0 Å². The molecule has 27 heavy (non-hydrogen) atoms. The van der Waals surface area contributed by atoms with Gasteiger partial charge in [0.2, 0.25) is 11.7 Å². The maximum atomic E-state index is 5.84. The molecule has 136 valence electrons. The van der Waals surface area contributed by atoms with Crippen LogP contribution in [0.5, 0.6) is 11.5 Å². The van der Waals surface area contributed by atoms with E-state index in [0.29, 0.717) is 18.3 Å². The monoisotopic (exact) mass is 379 g/mol. The normalized spacial score (nSPS) is 10.7. The maximum Gasteiger partial charge on any atom is 0.223 e. The fraction of sp³-hybridized carbons (Fsp3) is 0.150. The van der Waals surface area contributed by atoms with Crippen molar-refractivity contribution >= 4 is 11.3 Å². The molecule has 0 saturated heterocycles. The second-order valence-electron chi connectivity index (χ2n) is 5.83. The highest BCUT2D eigenvalue weighted by Gasteiger charge is 2.08. The third-order valence-electron chi connectivity index (χ3n) is 3.90. The summed E-state index contributed by atoms with van der Waals surface area (Å²) in [6, 6.07) is 15.4. The average molecular weight is 379 g/mol. The summed E-state index contributed by atoms with van der Waals surface area (Å²) in [6.07, 6.45) is 0. The summed E-state index contributed by atoms with van der Waals surface area (Å²) in [5.74, 6) is 2.69. The molecule has 0 saturated carbocycles. The van der Waals surface area contributed by atoms with Crippen LogP contribution in [0, 0.1) is 6.92 Å². The Hall–Kier alpha value is -3.19. The SMILES string of the molecule is COc1cccc(-c2nc(COc3ccc(-c4noc(C)n4)cc3)cs2)c1. The van der Waals surface area contributed by atoms with E-state index in [1.165, 1.54) is 0 Å². The topological polar surface area (TPSA) is 70.3 Å². The van der Waals surface area contributed by atoms with E-state index in [1.54, 1.807) is 25.4 Å². The molecule has 0 unspecified atom stereocenters. The molecule has 0 bridgehead atoms. The largest absolute Gasteiger partial charge is 0.497 e. The van der Waals surface area contributed by atoms with E-state index in [2.05, 4.69) is 15.1 Å². The first-order valence-electron chi connectivity index (χ1n) is 8.33. The lowest BCUT2D eigenvalue weighted by atomic mass is 10.2. The van der Waals surface area contributed by atoms with E-state index >= 15 is 0 Å². The first kappa shape index (κ1) is 17.2. The molecular weight excluding hydrogens is 362 g/mol. The van der Waals surface area contributed by atoms with Gasteiger partial charge in [0.05, 0.1) is 12.8 Å². The molecule has 2 heterocycles. The number of methoxy groups -OCH3 is 1. The Morgan fingerprint density at radius 1 is 1.00 bits per heavy atom. The molecule has 0 aliphatic rings. The van der Waals surface area contributed by atoms with E-state index in [-0.39, 0.29) is 0 Å². The lowest BCUT2D eigenvalue weighted by Gasteiger charge is -2.04. The zero-order chi connectivity index (χ0) is 18.6. The van der Waals surface area contributed by atoms with Crippen LogP contribution in [-0.4, -0.2) is 22.2 Å². The third kappa shape index (κ3) is 3.98. The number of thiazole rings is 1. The highest BCUT2D eigenvalue weighted by atomic mass is 32.1. The highest BCUT2D eigenvalue weighted by Crippen LogP contribution is 2.27. The van der Waals surface area contributed by atoms with Crippen LogP contribution in [0.1, 0.15) is 11.6 Å². The third-order valence-corrected chi connectivity index (χ3v) is 4.84. The predicted octanol–water partition coefficient (Wildman–Crippen LogP) is 4.76. The van der Waals surface area contributed by atoms with Crippen molar-refractivity contribution in [2.24, 2.45) is 0 Å². The maximum absolute atomic E-state index is 5.84. The second kappa shape index (κ2) is 7.59. The van der Waals surface area contributed by atoms with Crippen molar-refractivity contribution in [1.82, 2.24) is 15.1 Å². The van der Waals surface area contributed by atoms with Gasteiger partial charge < -0.3 is 14.0 Å². The number of aromatic nitrogens is 3. The molecule has 0 radical (unpaired) electrons. The number of benzene rings is 2. The smallest absolute Gasteiger partial charge is 0.223 e. The summed E-state index contributed by atoms with van der Waals surface area (Å²) in [5.41, 5.74) is 2.80. The van der Waals surface area contributed by atoms with Crippen molar-refractivity contribution in [3.05, 3.63) is 65.5 Å². The number of hydrogen-bond acceptors (Lipinski definition) is 7. The van der Waals surface area contributed by atoms with Gasteiger partial charge >= 0.3 is 0 Å². The summed E-state index contributed by atoms with van der Waals surface area (Å²) in [7, 11) is 1.66. The molecule has 0 amide bonds. The van der Waals surface area contributed by atoms with Crippen LogP contribution in [0.3, 0.4) is 0 Å². The molecule has 2 aromatic heterocycles. The minimum atomic E-state index is 0.404. The zero-order valence-corrected chi connectivity index (χ0v) is 15.7. The van der Waals surface area contributed by atoms with E-state index in [4.69, 9.17) is 14.0 Å². The fourth-order valence-electron chi connectivity index (χ4n) is 2.54. The van der Waals surface area contributed by atoms with Crippen LogP contribution in [0.25, 0.3) is 22.0 Å². The number of rotatable bonds is 6. The van der Waals surface area contributed by atoms with Crippen molar-refractivity contribution in [2.45, 2.75) is 13.5 Å². The summed E-state index contributed by atoms with van der Waals surface area (Å²) in [6.45, 7) is 2.17. The molecule has 0 N–H and O–H groups in total. The molecule has 0 atom stereocenters. The average Bonchev–Trinajstić information content (AvgIpc) is 3.36. The Balaban J connectivity index is 1.41. The first-order chi connectivity index (χ1) is 13.2.